The van der Waals surface area contributed by atoms with Gasteiger partial charge in [-0.3, -0.25) is 0 Å². The van der Waals surface area contributed by atoms with Crippen LogP contribution >= 0.6 is 0 Å². The Kier molecular flexibility index (Phi) is 2.11. The van der Waals surface area contributed by atoms with Crippen molar-refractivity contribution in [1.29, 1.82) is 0 Å². The number of methoxy groups -OCH3 is 1. The van der Waals surface area contributed by atoms with Crippen LogP contribution in [0.4, 0.5) is 5.82 Å². The molecule has 3 heteroatoms. The van der Waals surface area contributed by atoms with Gasteiger partial charge in [-0.2, -0.15) is 4.98 Å². The topological polar surface area (TPSA) is 48.1 Å². The first-order valence-corrected chi connectivity index (χ1v) is 3.20. The number of aromatic nitrogens is 1. The van der Waals surface area contributed by atoms with Crippen LogP contribution in [0.1, 0.15) is 5.56 Å². The number of rotatable bonds is 2. The first-order valence-electron chi connectivity index (χ1n) is 3.20. The molecule has 1 aromatic heterocycles. The maximum atomic E-state index is 5.47. The minimum Gasteiger partial charge on any atom is -0.481 e. The fraction of sp³-hybridized carbons (Fsp3) is 0.125. The van der Waals surface area contributed by atoms with Gasteiger partial charge in [0.25, 0.3) is 0 Å². The lowest BCUT2D eigenvalue weighted by atomic mass is 10.2. The molecule has 58 valence electrons. The van der Waals surface area contributed by atoms with Crippen LogP contribution in [0.25, 0.3) is 6.08 Å². The highest BCUT2D eigenvalue weighted by molar-refractivity contribution is 5.53. The Morgan fingerprint density at radius 3 is 2.91 bits per heavy atom. The molecule has 0 saturated carbocycles. The largest absolute Gasteiger partial charge is 0.481 e. The normalized spacial score (nSPS) is 9.18. The van der Waals surface area contributed by atoms with Crippen molar-refractivity contribution in [3.63, 3.8) is 0 Å². The molecule has 2 N–H and O–H groups in total. The molecule has 0 aliphatic rings. The van der Waals surface area contributed by atoms with E-state index in [2.05, 4.69) is 11.6 Å². The monoisotopic (exact) mass is 150 g/mol. The molecule has 1 aromatic rings. The minimum atomic E-state index is 0.444. The van der Waals surface area contributed by atoms with E-state index in [1.165, 1.54) is 0 Å². The molecule has 0 bridgehead atoms. The van der Waals surface area contributed by atoms with Crippen molar-refractivity contribution in [2.75, 3.05) is 12.8 Å². The number of hydrogen-bond acceptors (Lipinski definition) is 3. The molecule has 0 amide bonds. The molecule has 0 spiro atoms. The Morgan fingerprint density at radius 1 is 1.64 bits per heavy atom. The SMILES string of the molecule is C=Cc1cc(N)nc(OC)c1. The van der Waals surface area contributed by atoms with Gasteiger partial charge in [-0.1, -0.05) is 12.7 Å². The number of nitrogen functional groups attached to an aromatic ring is 1. The summed E-state index contributed by atoms with van der Waals surface area (Å²) in [7, 11) is 1.55. The molecular weight excluding hydrogens is 140 g/mol. The Morgan fingerprint density at radius 2 is 2.36 bits per heavy atom. The second-order valence-electron chi connectivity index (χ2n) is 2.07. The van der Waals surface area contributed by atoms with Gasteiger partial charge in [0, 0.05) is 6.07 Å². The summed E-state index contributed by atoms with van der Waals surface area (Å²) in [6.45, 7) is 3.61. The van der Waals surface area contributed by atoms with Crippen LogP contribution in [0.15, 0.2) is 18.7 Å². The summed E-state index contributed by atoms with van der Waals surface area (Å²) in [5.74, 6) is 0.958. The predicted octanol–water partition coefficient (Wildman–Crippen LogP) is 1.32. The van der Waals surface area contributed by atoms with E-state index in [9.17, 15) is 0 Å². The van der Waals surface area contributed by atoms with Gasteiger partial charge >= 0.3 is 0 Å². The lowest BCUT2D eigenvalue weighted by Gasteiger charge is -2.00. The summed E-state index contributed by atoms with van der Waals surface area (Å²) in [5, 5.41) is 0. The molecule has 0 aliphatic heterocycles. The molecule has 0 radical (unpaired) electrons. The molecule has 0 unspecified atom stereocenters. The second kappa shape index (κ2) is 3.05. The van der Waals surface area contributed by atoms with E-state index in [-0.39, 0.29) is 0 Å². The van der Waals surface area contributed by atoms with Gasteiger partial charge in [0.05, 0.1) is 7.11 Å². The van der Waals surface area contributed by atoms with Crippen LogP contribution in [0.5, 0.6) is 5.88 Å². The number of ether oxygens (including phenoxy) is 1. The van der Waals surface area contributed by atoms with E-state index in [1.807, 2.05) is 0 Å². The lowest BCUT2D eigenvalue weighted by Crippen LogP contribution is -1.94. The van der Waals surface area contributed by atoms with E-state index in [4.69, 9.17) is 10.5 Å². The molecule has 0 fully saturated rings. The fourth-order valence-electron chi connectivity index (χ4n) is 0.769. The van der Waals surface area contributed by atoms with Gasteiger partial charge in [0.1, 0.15) is 5.82 Å². The first-order chi connectivity index (χ1) is 5.26. The van der Waals surface area contributed by atoms with Gasteiger partial charge in [-0.25, -0.2) is 0 Å². The van der Waals surface area contributed by atoms with Crippen molar-refractivity contribution in [3.05, 3.63) is 24.3 Å². The molecule has 1 heterocycles. The fourth-order valence-corrected chi connectivity index (χ4v) is 0.769. The van der Waals surface area contributed by atoms with Gasteiger partial charge < -0.3 is 10.5 Å². The van der Waals surface area contributed by atoms with Crippen molar-refractivity contribution in [3.8, 4) is 5.88 Å². The number of nitrogens with two attached hydrogens (primary N) is 1. The van der Waals surface area contributed by atoms with Crippen molar-refractivity contribution in [2.45, 2.75) is 0 Å². The third-order valence-corrected chi connectivity index (χ3v) is 1.29. The summed E-state index contributed by atoms with van der Waals surface area (Å²) in [6, 6.07) is 3.50. The summed E-state index contributed by atoms with van der Waals surface area (Å²) in [4.78, 5) is 3.91. The molecule has 0 aromatic carbocycles. The second-order valence-corrected chi connectivity index (χ2v) is 2.07. The van der Waals surface area contributed by atoms with Crippen LogP contribution in [0, 0.1) is 0 Å². The van der Waals surface area contributed by atoms with E-state index >= 15 is 0 Å². The highest BCUT2D eigenvalue weighted by Crippen LogP contribution is 2.13. The van der Waals surface area contributed by atoms with E-state index in [0.29, 0.717) is 11.7 Å². The minimum absolute atomic E-state index is 0.444. The van der Waals surface area contributed by atoms with Crippen molar-refractivity contribution in [2.24, 2.45) is 0 Å². The number of nitrogens with zero attached hydrogens (tertiary/aromatic N) is 1. The molecule has 11 heavy (non-hydrogen) atoms. The number of hydrogen-bond donors (Lipinski definition) is 1. The third kappa shape index (κ3) is 1.70. The summed E-state index contributed by atoms with van der Waals surface area (Å²) < 4.78 is 4.90. The Balaban J connectivity index is 3.11. The summed E-state index contributed by atoms with van der Waals surface area (Å²) in [5.41, 5.74) is 6.38. The lowest BCUT2D eigenvalue weighted by molar-refractivity contribution is 0.398. The number of pyridine rings is 1. The van der Waals surface area contributed by atoms with Crippen molar-refractivity contribution in [1.82, 2.24) is 4.98 Å². The Labute approximate surface area is 65.5 Å². The van der Waals surface area contributed by atoms with Crippen LogP contribution in [0.2, 0.25) is 0 Å². The van der Waals surface area contributed by atoms with E-state index < -0.39 is 0 Å². The maximum absolute atomic E-state index is 5.47. The van der Waals surface area contributed by atoms with Crippen LogP contribution in [-0.4, -0.2) is 12.1 Å². The molecule has 1 rings (SSSR count). The zero-order chi connectivity index (χ0) is 8.27. The summed E-state index contributed by atoms with van der Waals surface area (Å²) >= 11 is 0. The van der Waals surface area contributed by atoms with Gasteiger partial charge in [0.15, 0.2) is 0 Å². The number of anilines is 1. The smallest absolute Gasteiger partial charge is 0.215 e. The van der Waals surface area contributed by atoms with Crippen LogP contribution in [0.3, 0.4) is 0 Å². The van der Waals surface area contributed by atoms with E-state index in [0.717, 1.165) is 5.56 Å². The van der Waals surface area contributed by atoms with Crippen LogP contribution in [-0.2, 0) is 0 Å². The first kappa shape index (κ1) is 7.60. The van der Waals surface area contributed by atoms with Crippen LogP contribution < -0.4 is 10.5 Å². The summed E-state index contributed by atoms with van der Waals surface area (Å²) in [6.07, 6.45) is 1.69. The van der Waals surface area contributed by atoms with Crippen molar-refractivity contribution < 1.29 is 4.74 Å². The van der Waals surface area contributed by atoms with Gasteiger partial charge in [0.2, 0.25) is 5.88 Å². The predicted molar refractivity (Wildman–Crippen MR) is 45.3 cm³/mol. The molecule has 0 atom stereocenters. The molecule has 3 nitrogen and oxygen atoms in total. The standard InChI is InChI=1S/C8H10N2O/c1-3-6-4-7(9)10-8(5-6)11-2/h3-5H,1H2,2H3,(H2,9,10). The quantitative estimate of drug-likeness (QED) is 0.691. The highest BCUT2D eigenvalue weighted by atomic mass is 16.5. The van der Waals surface area contributed by atoms with Crippen molar-refractivity contribution >= 4 is 11.9 Å². The average Bonchev–Trinajstić information content (AvgIpc) is 2.03. The van der Waals surface area contributed by atoms with Gasteiger partial charge in [-0.05, 0) is 11.6 Å². The van der Waals surface area contributed by atoms with E-state index in [1.54, 1.807) is 25.3 Å². The van der Waals surface area contributed by atoms with Gasteiger partial charge in [-0.15, -0.1) is 0 Å². The maximum Gasteiger partial charge on any atom is 0.215 e. The highest BCUT2D eigenvalue weighted by Gasteiger charge is 1.95. The zero-order valence-corrected chi connectivity index (χ0v) is 6.37. The zero-order valence-electron chi connectivity index (χ0n) is 6.37. The average molecular weight is 150 g/mol. The Hall–Kier alpha value is -1.51. The Bertz CT molecular complexity index is 271. The molecule has 0 saturated heterocycles. The molecular formula is C8H10N2O. The third-order valence-electron chi connectivity index (χ3n) is 1.29. The molecule has 0 aliphatic carbocycles.